The van der Waals surface area contributed by atoms with Crippen LogP contribution in [-0.2, 0) is 6.54 Å². The van der Waals surface area contributed by atoms with Gasteiger partial charge >= 0.3 is 0 Å². The van der Waals surface area contributed by atoms with Crippen LogP contribution in [0.4, 0.5) is 5.69 Å². The third kappa shape index (κ3) is 3.49. The highest BCUT2D eigenvalue weighted by Crippen LogP contribution is 2.21. The number of nitro benzene ring substituents is 1. The van der Waals surface area contributed by atoms with Gasteiger partial charge in [0.25, 0.3) is 11.6 Å². The Morgan fingerprint density at radius 2 is 1.68 bits per heavy atom. The van der Waals surface area contributed by atoms with Crippen LogP contribution in [0.25, 0.3) is 0 Å². The van der Waals surface area contributed by atoms with Gasteiger partial charge in [0.05, 0.1) is 4.92 Å². The van der Waals surface area contributed by atoms with Gasteiger partial charge in [-0.05, 0) is 25.5 Å². The topological polar surface area (TPSA) is 63.5 Å². The highest BCUT2D eigenvalue weighted by molar-refractivity contribution is 5.98. The summed E-state index contributed by atoms with van der Waals surface area (Å²) in [5.74, 6) is -0.328. The van der Waals surface area contributed by atoms with E-state index in [0.717, 1.165) is 5.56 Å². The van der Waals surface area contributed by atoms with Crippen LogP contribution in [0.1, 0.15) is 29.8 Å². The molecule has 1 amide bonds. The zero-order chi connectivity index (χ0) is 16.1. The van der Waals surface area contributed by atoms with Crippen LogP contribution in [0.5, 0.6) is 0 Å². The van der Waals surface area contributed by atoms with E-state index in [0.29, 0.717) is 6.54 Å². The summed E-state index contributed by atoms with van der Waals surface area (Å²) >= 11 is 0. The monoisotopic (exact) mass is 298 g/mol. The van der Waals surface area contributed by atoms with Crippen LogP contribution in [0.15, 0.2) is 54.6 Å². The number of nitrogens with zero attached hydrogens (tertiary/aromatic N) is 2. The molecule has 0 unspecified atom stereocenters. The van der Waals surface area contributed by atoms with Crippen molar-refractivity contribution in [3.63, 3.8) is 0 Å². The maximum atomic E-state index is 12.7. The Bertz CT molecular complexity index is 669. The van der Waals surface area contributed by atoms with Crippen molar-refractivity contribution < 1.29 is 9.72 Å². The Balaban J connectivity index is 2.33. The van der Waals surface area contributed by atoms with Crippen LogP contribution in [0, 0.1) is 10.1 Å². The van der Waals surface area contributed by atoms with Crippen LogP contribution in [0.3, 0.4) is 0 Å². The summed E-state index contributed by atoms with van der Waals surface area (Å²) < 4.78 is 0. The van der Waals surface area contributed by atoms with E-state index in [2.05, 4.69) is 0 Å². The van der Waals surface area contributed by atoms with Crippen molar-refractivity contribution in [2.45, 2.75) is 26.4 Å². The average Bonchev–Trinajstić information content (AvgIpc) is 2.52. The van der Waals surface area contributed by atoms with Gasteiger partial charge in [-0.15, -0.1) is 0 Å². The Hall–Kier alpha value is -2.69. The Morgan fingerprint density at radius 1 is 1.09 bits per heavy atom. The molecule has 0 radical (unpaired) electrons. The second-order valence-electron chi connectivity index (χ2n) is 5.29. The molecule has 114 valence electrons. The second kappa shape index (κ2) is 6.85. The van der Waals surface area contributed by atoms with Gasteiger partial charge in [0.2, 0.25) is 0 Å². The van der Waals surface area contributed by atoms with Gasteiger partial charge in [-0.25, -0.2) is 0 Å². The van der Waals surface area contributed by atoms with E-state index < -0.39 is 4.92 Å². The van der Waals surface area contributed by atoms with Gasteiger partial charge < -0.3 is 4.90 Å². The summed E-state index contributed by atoms with van der Waals surface area (Å²) in [6, 6.07) is 15.6. The fraction of sp³-hybridized carbons (Fsp3) is 0.235. The van der Waals surface area contributed by atoms with Crippen molar-refractivity contribution in [2.24, 2.45) is 0 Å². The highest BCUT2D eigenvalue weighted by Gasteiger charge is 2.25. The zero-order valence-corrected chi connectivity index (χ0v) is 12.6. The fourth-order valence-corrected chi connectivity index (χ4v) is 2.24. The van der Waals surface area contributed by atoms with Gasteiger partial charge in [-0.2, -0.15) is 0 Å². The van der Waals surface area contributed by atoms with Crippen molar-refractivity contribution in [2.75, 3.05) is 0 Å². The van der Waals surface area contributed by atoms with Gasteiger partial charge in [-0.3, -0.25) is 14.9 Å². The van der Waals surface area contributed by atoms with Crippen LogP contribution >= 0.6 is 0 Å². The molecule has 0 heterocycles. The van der Waals surface area contributed by atoms with E-state index in [-0.39, 0.29) is 23.2 Å². The molecule has 0 N–H and O–H groups in total. The summed E-state index contributed by atoms with van der Waals surface area (Å²) in [4.78, 5) is 25.0. The Morgan fingerprint density at radius 3 is 2.27 bits per heavy atom. The molecule has 0 fully saturated rings. The molecule has 0 aliphatic carbocycles. The lowest BCUT2D eigenvalue weighted by molar-refractivity contribution is -0.385. The SMILES string of the molecule is CC(C)N(Cc1ccccc1)C(=O)c1ccccc1[N+](=O)[O-]. The molecule has 0 saturated heterocycles. The van der Waals surface area contributed by atoms with Crippen molar-refractivity contribution in [3.05, 3.63) is 75.8 Å². The summed E-state index contributed by atoms with van der Waals surface area (Å²) in [7, 11) is 0. The number of rotatable bonds is 5. The summed E-state index contributed by atoms with van der Waals surface area (Å²) in [6.45, 7) is 4.22. The van der Waals surface area contributed by atoms with Gasteiger partial charge in [0, 0.05) is 18.7 Å². The first-order valence-electron chi connectivity index (χ1n) is 7.09. The number of amides is 1. The maximum Gasteiger partial charge on any atom is 0.282 e. The predicted molar refractivity (Wildman–Crippen MR) is 84.5 cm³/mol. The molecular weight excluding hydrogens is 280 g/mol. The lowest BCUT2D eigenvalue weighted by Gasteiger charge is -2.27. The third-order valence-electron chi connectivity index (χ3n) is 3.41. The lowest BCUT2D eigenvalue weighted by Crippen LogP contribution is -2.36. The average molecular weight is 298 g/mol. The predicted octanol–water partition coefficient (Wildman–Crippen LogP) is 3.65. The molecule has 2 aromatic carbocycles. The third-order valence-corrected chi connectivity index (χ3v) is 3.41. The van der Waals surface area contributed by atoms with Crippen molar-refractivity contribution >= 4 is 11.6 Å². The van der Waals surface area contributed by atoms with Crippen LogP contribution < -0.4 is 0 Å². The van der Waals surface area contributed by atoms with Gasteiger partial charge in [0.1, 0.15) is 5.56 Å². The van der Waals surface area contributed by atoms with Gasteiger partial charge in [0.15, 0.2) is 0 Å². The molecule has 5 nitrogen and oxygen atoms in total. The molecule has 0 bridgehead atoms. The smallest absolute Gasteiger partial charge is 0.282 e. The second-order valence-corrected chi connectivity index (χ2v) is 5.29. The van der Waals surface area contributed by atoms with E-state index in [9.17, 15) is 14.9 Å². The van der Waals surface area contributed by atoms with Crippen molar-refractivity contribution in [1.29, 1.82) is 0 Å². The number of nitro groups is 1. The summed E-state index contributed by atoms with van der Waals surface area (Å²) in [5, 5.41) is 11.1. The van der Waals surface area contributed by atoms with E-state index in [4.69, 9.17) is 0 Å². The number of hydrogen-bond donors (Lipinski definition) is 0. The largest absolute Gasteiger partial charge is 0.332 e. The molecule has 0 aliphatic rings. The highest BCUT2D eigenvalue weighted by atomic mass is 16.6. The van der Waals surface area contributed by atoms with E-state index in [1.807, 2.05) is 44.2 Å². The van der Waals surface area contributed by atoms with Crippen LogP contribution in [0.2, 0.25) is 0 Å². The number of carbonyl (C=O) groups is 1. The number of para-hydroxylation sites is 1. The normalized spacial score (nSPS) is 10.5. The minimum Gasteiger partial charge on any atom is -0.332 e. The molecule has 22 heavy (non-hydrogen) atoms. The quantitative estimate of drug-likeness (QED) is 0.625. The molecule has 0 spiro atoms. The molecule has 0 atom stereocenters. The van der Waals surface area contributed by atoms with Crippen molar-refractivity contribution in [1.82, 2.24) is 4.90 Å². The zero-order valence-electron chi connectivity index (χ0n) is 12.6. The minimum atomic E-state index is -0.520. The molecule has 5 heteroatoms. The summed E-state index contributed by atoms with van der Waals surface area (Å²) in [6.07, 6.45) is 0. The summed E-state index contributed by atoms with van der Waals surface area (Å²) in [5.41, 5.74) is 0.950. The molecule has 0 aliphatic heterocycles. The number of carbonyl (C=O) groups excluding carboxylic acids is 1. The van der Waals surface area contributed by atoms with E-state index in [1.165, 1.54) is 12.1 Å². The molecular formula is C17H18N2O3. The van der Waals surface area contributed by atoms with E-state index in [1.54, 1.807) is 17.0 Å². The van der Waals surface area contributed by atoms with Gasteiger partial charge in [-0.1, -0.05) is 42.5 Å². The molecule has 2 aromatic rings. The number of benzene rings is 2. The van der Waals surface area contributed by atoms with E-state index >= 15 is 0 Å². The molecule has 2 rings (SSSR count). The van der Waals surface area contributed by atoms with Crippen LogP contribution in [-0.4, -0.2) is 21.8 Å². The number of hydrogen-bond acceptors (Lipinski definition) is 3. The first kappa shape index (κ1) is 15.7. The molecule has 0 saturated carbocycles. The standard InChI is InChI=1S/C17H18N2O3/c1-13(2)18(12-14-8-4-3-5-9-14)17(20)15-10-6-7-11-16(15)19(21)22/h3-11,13H,12H2,1-2H3. The maximum absolute atomic E-state index is 12.7. The first-order valence-corrected chi connectivity index (χ1v) is 7.09. The molecule has 0 aromatic heterocycles. The minimum absolute atomic E-state index is 0.0625. The first-order chi connectivity index (χ1) is 10.5. The fourth-order valence-electron chi connectivity index (χ4n) is 2.24. The Labute approximate surface area is 129 Å². The Kier molecular flexibility index (Phi) is 4.88. The lowest BCUT2D eigenvalue weighted by atomic mass is 10.1. The van der Waals surface area contributed by atoms with Crippen molar-refractivity contribution in [3.8, 4) is 0 Å².